The van der Waals surface area contributed by atoms with Crippen molar-refractivity contribution in [2.24, 2.45) is 17.8 Å². The van der Waals surface area contributed by atoms with E-state index in [1.807, 2.05) is 54.6 Å². The molecule has 0 fully saturated rings. The number of aromatic amines is 1. The first kappa shape index (κ1) is 60.1. The first-order valence-electron chi connectivity index (χ1n) is 22.7. The molecule has 1 aromatic heterocycles. The number of rotatable bonds is 25. The minimum absolute atomic E-state index is 0. The van der Waals surface area contributed by atoms with Crippen LogP contribution in [0.3, 0.4) is 0 Å². The van der Waals surface area contributed by atoms with E-state index in [0.717, 1.165) is 10.9 Å². The summed E-state index contributed by atoms with van der Waals surface area (Å²) in [6, 6.07) is 16.9. The van der Waals surface area contributed by atoms with Crippen LogP contribution in [0, 0.1) is 17.8 Å². The number of carboxylic acids is 2. The van der Waals surface area contributed by atoms with Crippen LogP contribution in [0.5, 0.6) is 0 Å². The van der Waals surface area contributed by atoms with Crippen LogP contribution >= 0.6 is 0 Å². The Kier molecular flexibility index (Phi) is 25.4. The van der Waals surface area contributed by atoms with Crippen molar-refractivity contribution in [2.75, 3.05) is 0 Å². The van der Waals surface area contributed by atoms with E-state index in [-0.39, 0.29) is 77.9 Å². The third kappa shape index (κ3) is 17.7. The molecule has 360 valence electrons. The molecule has 0 saturated carbocycles. The average molecular weight is 968 g/mol. The van der Waals surface area contributed by atoms with Gasteiger partial charge in [-0.05, 0) is 46.9 Å². The van der Waals surface area contributed by atoms with Crippen LogP contribution in [0.4, 0.5) is 0 Å². The van der Waals surface area contributed by atoms with Gasteiger partial charge in [-0.2, -0.15) is 0 Å². The maximum atomic E-state index is 14.3. The summed E-state index contributed by atoms with van der Waals surface area (Å²) in [4.78, 5) is 110. The van der Waals surface area contributed by atoms with E-state index in [1.165, 1.54) is 6.92 Å². The number of para-hydroxylation sites is 1. The summed E-state index contributed by atoms with van der Waals surface area (Å²) in [6.45, 7) is 11.7. The second-order valence-corrected chi connectivity index (χ2v) is 17.5. The maximum absolute atomic E-state index is 14.3. The van der Waals surface area contributed by atoms with Gasteiger partial charge in [0.05, 0.1) is 12.0 Å². The molecule has 0 spiro atoms. The van der Waals surface area contributed by atoms with Gasteiger partial charge in [0.2, 0.25) is 35.4 Å². The molecule has 0 aliphatic carbocycles. The summed E-state index contributed by atoms with van der Waals surface area (Å²) in [5, 5.41) is 40.8. The quantitative estimate of drug-likeness (QED) is 0.0313. The minimum atomic E-state index is -1.79. The van der Waals surface area contributed by atoms with E-state index >= 15 is 0 Å². The molecule has 19 heteroatoms. The van der Waals surface area contributed by atoms with E-state index < -0.39 is 108 Å². The van der Waals surface area contributed by atoms with Crippen molar-refractivity contribution in [1.82, 2.24) is 36.9 Å². The number of hydrogen-bond donors (Lipinski definition) is 7. The topological polar surface area (TPSA) is 271 Å². The monoisotopic (exact) mass is 967 g/mol. The van der Waals surface area contributed by atoms with Crippen LogP contribution in [0.1, 0.15) is 96.8 Å². The molecule has 0 saturated heterocycles. The van der Waals surface area contributed by atoms with Gasteiger partial charge < -0.3 is 56.7 Å². The van der Waals surface area contributed by atoms with Crippen molar-refractivity contribution in [2.45, 2.75) is 123 Å². The fourth-order valence-corrected chi connectivity index (χ4v) is 7.91. The number of amides is 6. The molecule has 0 radical (unpaired) electrons. The number of aromatic nitrogens is 1. The molecule has 6 amide bonds. The van der Waals surface area contributed by atoms with Crippen LogP contribution in [-0.4, -0.2) is 88.6 Å². The smallest absolute Gasteiger partial charge is 0.550 e. The Morgan fingerprint density at radius 3 is 1.49 bits per heavy atom. The van der Waals surface area contributed by atoms with E-state index in [4.69, 9.17) is 0 Å². The molecule has 69 heavy (non-hydrogen) atoms. The summed E-state index contributed by atoms with van der Waals surface area (Å²) in [5.41, 5.74) is 2.81. The predicted octanol–water partition coefficient (Wildman–Crippen LogP) is -4.49. The van der Waals surface area contributed by atoms with Crippen molar-refractivity contribution in [3.63, 3.8) is 0 Å². The Hall–Kier alpha value is -5.04. The maximum Gasteiger partial charge on any atom is 1.00 e. The van der Waals surface area contributed by atoms with Gasteiger partial charge in [-0.1, -0.05) is 133 Å². The Morgan fingerprint density at radius 1 is 0.551 bits per heavy atom. The Morgan fingerprint density at radius 2 is 1.00 bits per heavy atom. The Labute approximate surface area is 447 Å². The first-order valence-corrected chi connectivity index (χ1v) is 22.7. The third-order valence-corrected chi connectivity index (χ3v) is 11.9. The van der Waals surface area contributed by atoms with Crippen molar-refractivity contribution in [3.05, 3.63) is 108 Å². The number of hydrogen-bond acceptors (Lipinski definition) is 10. The van der Waals surface area contributed by atoms with Gasteiger partial charge in [0, 0.05) is 48.8 Å². The van der Waals surface area contributed by atoms with Gasteiger partial charge in [-0.3, -0.25) is 28.8 Å². The molecule has 3 aromatic carbocycles. The predicted molar refractivity (Wildman–Crippen MR) is 247 cm³/mol. The molecule has 0 bridgehead atoms. The van der Waals surface area contributed by atoms with Crippen LogP contribution < -0.4 is 101 Å². The number of fused-ring (bicyclic) bond motifs is 1. The number of carbonyl (C=O) groups excluding carboxylic acids is 8. The summed E-state index contributed by atoms with van der Waals surface area (Å²) >= 11 is 0. The van der Waals surface area contributed by atoms with Crippen LogP contribution in [0.15, 0.2) is 91.1 Å². The van der Waals surface area contributed by atoms with Gasteiger partial charge in [-0.25, -0.2) is 0 Å². The molecule has 4 rings (SSSR count). The number of carboxylic acid groups (broad SMARTS) is 2. The van der Waals surface area contributed by atoms with Crippen molar-refractivity contribution in [1.29, 1.82) is 0 Å². The summed E-state index contributed by atoms with van der Waals surface area (Å²) < 4.78 is 0. The van der Waals surface area contributed by atoms with Crippen LogP contribution in [-0.2, 0) is 44.8 Å². The number of benzene rings is 3. The zero-order valence-electron chi connectivity index (χ0n) is 41.1. The standard InChI is InChI=1S/C50H65N7O10.2Na/c1-8-29(5)42(47(63)55-39(50(66)67)25-34-27-51-36-23-17-16-22-35(34)36)57-48(64)43(30(6)9-2)56-46(62)38(26-40(59)60)53-45(61)37(24-28(3)4)54-49(65)44(52-31(7)58)41(32-18-12-10-13-19-32)33-20-14-11-15-21-33;;/h10-23,27-30,37-39,41-44,51H,8-9,24-26H2,1-7H3,(H,52,58)(H,53,61)(H,54,65)(H,55,63)(H,56,62)(H,57,64)(H,59,60)(H,66,67);;/q;2*+1/p-2. The van der Waals surface area contributed by atoms with Crippen molar-refractivity contribution < 1.29 is 108 Å². The Bertz CT molecular complexity index is 2310. The Balaban J connectivity index is 0.00000817. The van der Waals surface area contributed by atoms with Gasteiger partial charge in [-0.15, -0.1) is 0 Å². The van der Waals surface area contributed by atoms with Gasteiger partial charge in [0.25, 0.3) is 0 Å². The number of carbonyl (C=O) groups is 8. The molecule has 7 N–H and O–H groups in total. The minimum Gasteiger partial charge on any atom is -0.550 e. The zero-order valence-corrected chi connectivity index (χ0v) is 45.1. The molecule has 0 aliphatic heterocycles. The summed E-state index contributed by atoms with van der Waals surface area (Å²) in [6.07, 6.45) is 1.29. The van der Waals surface area contributed by atoms with Gasteiger partial charge >= 0.3 is 59.1 Å². The van der Waals surface area contributed by atoms with E-state index in [2.05, 4.69) is 36.9 Å². The van der Waals surface area contributed by atoms with Crippen molar-refractivity contribution in [3.8, 4) is 0 Å². The van der Waals surface area contributed by atoms with E-state index in [9.17, 15) is 48.6 Å². The molecule has 8 atom stereocenters. The first-order chi connectivity index (χ1) is 31.8. The fourth-order valence-electron chi connectivity index (χ4n) is 7.91. The average Bonchev–Trinajstić information content (AvgIpc) is 3.70. The summed E-state index contributed by atoms with van der Waals surface area (Å²) in [7, 11) is 0. The molecule has 17 nitrogen and oxygen atoms in total. The van der Waals surface area contributed by atoms with E-state index in [0.29, 0.717) is 29.5 Å². The van der Waals surface area contributed by atoms with Crippen LogP contribution in [0.2, 0.25) is 0 Å². The largest absolute Gasteiger partial charge is 1.00 e. The second kappa shape index (κ2) is 29.2. The number of H-pyrrole nitrogens is 1. The second-order valence-electron chi connectivity index (χ2n) is 17.5. The van der Waals surface area contributed by atoms with Crippen LogP contribution in [0.25, 0.3) is 10.9 Å². The van der Waals surface area contributed by atoms with Gasteiger partial charge in [0.15, 0.2) is 0 Å². The van der Waals surface area contributed by atoms with Crippen molar-refractivity contribution >= 4 is 58.3 Å². The molecule has 1 heterocycles. The summed E-state index contributed by atoms with van der Waals surface area (Å²) in [5.74, 6) is -10.1. The van der Waals surface area contributed by atoms with Gasteiger partial charge in [0.1, 0.15) is 30.2 Å². The molecule has 0 aliphatic rings. The molecule has 8 unspecified atom stereocenters. The SMILES string of the molecule is CCC(C)C(NC(=O)C(CC(=O)[O-])NC(=O)C(CC(C)C)NC(=O)C(NC(C)=O)C(c1ccccc1)c1ccccc1)C(=O)NC(C(=O)NC(Cc1c[nH]c2ccccc12)C(=O)[O-])C(C)CC.[Na+].[Na+]. The number of aliphatic carboxylic acids is 2. The zero-order chi connectivity index (χ0) is 49.4. The molecule has 4 aromatic rings. The fraction of sp³-hybridized carbons (Fsp3) is 0.440. The third-order valence-electron chi connectivity index (χ3n) is 11.9. The molecular weight excluding hydrogens is 905 g/mol. The normalized spacial score (nSPS) is 14.4. The number of nitrogens with one attached hydrogen (secondary N) is 7. The molecular formula is C50H63N7Na2O10. The van der Waals surface area contributed by atoms with E-state index in [1.54, 1.807) is 78.1 Å².